The standard InChI is InChI=1S/C42H49ClN4O/c1-42(2,45-36-26-24-35(43)25-27-36)34-22-20-33(21-23-34)39(47(4)37-18-12-7-13-19-37)40-44-38(30-32-16-10-6-11-17-32)41(48-40)46(3)29-28-31-14-8-5-9-15-31/h5-19,24-27,33-34,39,45H,20-23,28-30H2,1-4H3. The van der Waals surface area contributed by atoms with E-state index in [2.05, 4.69) is 146 Å². The molecule has 1 aliphatic rings. The van der Waals surface area contributed by atoms with E-state index in [1.807, 2.05) is 12.1 Å². The van der Waals surface area contributed by atoms with Crippen LogP contribution in [0.1, 0.15) is 68.3 Å². The molecule has 4 aromatic carbocycles. The Labute approximate surface area is 292 Å². The molecule has 0 amide bonds. The van der Waals surface area contributed by atoms with Crippen LogP contribution in [0.5, 0.6) is 0 Å². The van der Waals surface area contributed by atoms with Crippen LogP contribution in [0.25, 0.3) is 0 Å². The molecule has 6 rings (SSSR count). The number of rotatable bonds is 13. The minimum atomic E-state index is -0.0416. The molecule has 0 aliphatic heterocycles. The molecule has 1 unspecified atom stereocenters. The van der Waals surface area contributed by atoms with Crippen molar-refractivity contribution in [2.45, 2.75) is 64.0 Å². The van der Waals surface area contributed by atoms with Crippen LogP contribution in [0.15, 0.2) is 120 Å². The minimum absolute atomic E-state index is 0.0199. The first-order valence-corrected chi connectivity index (χ1v) is 17.7. The van der Waals surface area contributed by atoms with E-state index >= 15 is 0 Å². The number of hydrogen-bond acceptors (Lipinski definition) is 5. The van der Waals surface area contributed by atoms with Crippen LogP contribution in [0, 0.1) is 11.8 Å². The van der Waals surface area contributed by atoms with Gasteiger partial charge in [0.2, 0.25) is 11.8 Å². The van der Waals surface area contributed by atoms with Gasteiger partial charge < -0.3 is 19.5 Å². The molecule has 48 heavy (non-hydrogen) atoms. The highest BCUT2D eigenvalue weighted by atomic mass is 35.5. The summed E-state index contributed by atoms with van der Waals surface area (Å²) in [6, 6.07) is 40.1. The zero-order chi connectivity index (χ0) is 33.5. The first-order chi connectivity index (χ1) is 23.3. The Bertz CT molecular complexity index is 1700. The summed E-state index contributed by atoms with van der Waals surface area (Å²) in [5.41, 5.74) is 5.80. The Hall–Kier alpha value is -4.22. The van der Waals surface area contributed by atoms with Crippen LogP contribution in [-0.2, 0) is 12.8 Å². The van der Waals surface area contributed by atoms with Gasteiger partial charge in [-0.25, -0.2) is 4.98 Å². The number of nitrogens with one attached hydrogen (secondary N) is 1. The minimum Gasteiger partial charge on any atom is -0.423 e. The highest BCUT2D eigenvalue weighted by Crippen LogP contribution is 2.45. The molecule has 0 bridgehead atoms. The summed E-state index contributed by atoms with van der Waals surface area (Å²) in [6.07, 6.45) is 6.16. The molecule has 1 atom stereocenters. The van der Waals surface area contributed by atoms with Crippen LogP contribution < -0.4 is 15.1 Å². The molecule has 0 radical (unpaired) electrons. The fourth-order valence-electron chi connectivity index (χ4n) is 7.40. The van der Waals surface area contributed by atoms with E-state index in [1.165, 1.54) is 16.8 Å². The third kappa shape index (κ3) is 8.25. The Morgan fingerprint density at radius 3 is 2.00 bits per heavy atom. The summed E-state index contributed by atoms with van der Waals surface area (Å²) in [7, 11) is 4.34. The number of nitrogens with zero attached hydrogens (tertiary/aromatic N) is 3. The Kier molecular flexibility index (Phi) is 10.8. The van der Waals surface area contributed by atoms with Gasteiger partial charge in [0.15, 0.2) is 0 Å². The summed E-state index contributed by atoms with van der Waals surface area (Å²) in [5, 5.41) is 4.56. The number of oxazole rings is 1. The van der Waals surface area contributed by atoms with Gasteiger partial charge in [0.05, 0.1) is 0 Å². The van der Waals surface area contributed by atoms with E-state index in [0.717, 1.165) is 73.2 Å². The van der Waals surface area contributed by atoms with E-state index in [-0.39, 0.29) is 11.6 Å². The Morgan fingerprint density at radius 1 is 0.792 bits per heavy atom. The number of hydrogen-bond donors (Lipinski definition) is 1. The topological polar surface area (TPSA) is 44.5 Å². The summed E-state index contributed by atoms with van der Waals surface area (Å²) < 4.78 is 6.93. The van der Waals surface area contributed by atoms with Gasteiger partial charge in [-0.2, -0.15) is 0 Å². The normalized spacial score (nSPS) is 17.1. The molecule has 0 saturated heterocycles. The van der Waals surface area contributed by atoms with Crippen molar-refractivity contribution >= 4 is 28.9 Å². The van der Waals surface area contributed by atoms with Crippen LogP contribution in [-0.4, -0.2) is 31.2 Å². The molecular weight excluding hydrogens is 612 g/mol. The second kappa shape index (κ2) is 15.3. The lowest BCUT2D eigenvalue weighted by molar-refractivity contribution is 0.181. The van der Waals surface area contributed by atoms with E-state index in [1.54, 1.807) is 0 Å². The maximum atomic E-state index is 6.93. The number of benzene rings is 4. The first-order valence-electron chi connectivity index (χ1n) is 17.4. The first kappa shape index (κ1) is 33.7. The number of anilines is 3. The monoisotopic (exact) mass is 660 g/mol. The van der Waals surface area contributed by atoms with Crippen molar-refractivity contribution in [3.05, 3.63) is 143 Å². The molecule has 250 valence electrons. The summed E-state index contributed by atoms with van der Waals surface area (Å²) in [5.74, 6) is 2.64. The van der Waals surface area contributed by atoms with Crippen molar-refractivity contribution in [3.8, 4) is 0 Å². The van der Waals surface area contributed by atoms with E-state index in [0.29, 0.717) is 11.8 Å². The molecule has 1 heterocycles. The lowest BCUT2D eigenvalue weighted by atomic mass is 9.71. The smallest absolute Gasteiger partial charge is 0.220 e. The molecule has 1 aliphatic carbocycles. The zero-order valence-electron chi connectivity index (χ0n) is 28.8. The largest absolute Gasteiger partial charge is 0.423 e. The lowest BCUT2D eigenvalue weighted by Crippen LogP contribution is -2.43. The van der Waals surface area contributed by atoms with E-state index in [9.17, 15) is 0 Å². The fraction of sp³-hybridized carbons (Fsp3) is 0.357. The van der Waals surface area contributed by atoms with Gasteiger partial charge in [-0.3, -0.25) is 0 Å². The summed E-state index contributed by atoms with van der Waals surface area (Å²) in [6.45, 7) is 5.52. The molecule has 0 spiro atoms. The maximum Gasteiger partial charge on any atom is 0.220 e. The van der Waals surface area contributed by atoms with Gasteiger partial charge >= 0.3 is 0 Å². The zero-order valence-corrected chi connectivity index (χ0v) is 29.5. The second-order valence-electron chi connectivity index (χ2n) is 14.0. The summed E-state index contributed by atoms with van der Waals surface area (Å²) >= 11 is 6.16. The SMILES string of the molecule is CN(CCc1ccccc1)c1oc(C(C2CCC(C(C)(C)Nc3ccc(Cl)cc3)CC2)N(C)c2ccccc2)nc1Cc1ccccc1. The van der Waals surface area contributed by atoms with Crippen LogP contribution in [0.3, 0.4) is 0 Å². The molecule has 1 aromatic heterocycles. The molecule has 1 saturated carbocycles. The number of aromatic nitrogens is 1. The van der Waals surface area contributed by atoms with Crippen molar-refractivity contribution < 1.29 is 4.42 Å². The van der Waals surface area contributed by atoms with Crippen molar-refractivity contribution in [2.75, 3.05) is 35.8 Å². The van der Waals surface area contributed by atoms with Crippen molar-refractivity contribution in [1.82, 2.24) is 4.98 Å². The van der Waals surface area contributed by atoms with Gasteiger partial charge in [-0.15, -0.1) is 0 Å². The van der Waals surface area contributed by atoms with Crippen LogP contribution >= 0.6 is 11.6 Å². The van der Waals surface area contributed by atoms with E-state index < -0.39 is 0 Å². The molecule has 1 N–H and O–H groups in total. The molecule has 5 aromatic rings. The van der Waals surface area contributed by atoms with E-state index in [4.69, 9.17) is 21.0 Å². The summed E-state index contributed by atoms with van der Waals surface area (Å²) in [4.78, 5) is 10.0. The van der Waals surface area contributed by atoms with Gasteiger partial charge in [-0.05, 0) is 105 Å². The Balaban J connectivity index is 1.27. The molecule has 5 nitrogen and oxygen atoms in total. The molecular formula is C42H49ClN4O. The Morgan fingerprint density at radius 2 is 1.38 bits per heavy atom. The predicted molar refractivity (Wildman–Crippen MR) is 201 cm³/mol. The number of para-hydroxylation sites is 1. The average Bonchev–Trinajstić information content (AvgIpc) is 3.52. The highest BCUT2D eigenvalue weighted by Gasteiger charge is 2.39. The lowest BCUT2D eigenvalue weighted by Gasteiger charge is -2.43. The predicted octanol–water partition coefficient (Wildman–Crippen LogP) is 10.5. The molecule has 6 heteroatoms. The highest BCUT2D eigenvalue weighted by molar-refractivity contribution is 6.30. The average molecular weight is 661 g/mol. The third-order valence-electron chi connectivity index (χ3n) is 10.2. The molecule has 1 fully saturated rings. The van der Waals surface area contributed by atoms with Crippen molar-refractivity contribution in [3.63, 3.8) is 0 Å². The van der Waals surface area contributed by atoms with Gasteiger partial charge in [-0.1, -0.05) is 90.5 Å². The maximum absolute atomic E-state index is 6.93. The van der Waals surface area contributed by atoms with Crippen LogP contribution in [0.4, 0.5) is 17.3 Å². The number of likely N-dealkylation sites (N-methyl/N-ethyl adjacent to an activating group) is 1. The van der Waals surface area contributed by atoms with Gasteiger partial charge in [0.25, 0.3) is 0 Å². The van der Waals surface area contributed by atoms with Crippen molar-refractivity contribution in [1.29, 1.82) is 0 Å². The van der Waals surface area contributed by atoms with Gasteiger partial charge in [0.1, 0.15) is 11.7 Å². The quantitative estimate of drug-likeness (QED) is 0.136. The fourth-order valence-corrected chi connectivity index (χ4v) is 7.53. The third-order valence-corrected chi connectivity index (χ3v) is 10.5. The second-order valence-corrected chi connectivity index (χ2v) is 14.4. The number of halogens is 1. The van der Waals surface area contributed by atoms with Crippen LogP contribution in [0.2, 0.25) is 5.02 Å². The van der Waals surface area contributed by atoms with Crippen molar-refractivity contribution in [2.24, 2.45) is 11.8 Å². The van der Waals surface area contributed by atoms with Gasteiger partial charge in [0, 0.05) is 49.0 Å².